The van der Waals surface area contributed by atoms with Crippen LogP contribution in [0.15, 0.2) is 259 Å². The fraction of sp³-hybridized carbons (Fsp3) is 0. The van der Waals surface area contributed by atoms with E-state index in [4.69, 9.17) is 30.4 Å². The number of hydrogen-bond acceptors (Lipinski definition) is 14. The second-order valence-electron chi connectivity index (χ2n) is 19.4. The highest BCUT2D eigenvalue weighted by molar-refractivity contribution is 6.03. The molecule has 3 aromatic heterocycles. The van der Waals surface area contributed by atoms with Gasteiger partial charge in [-0.05, 0) is 170 Å². The molecule has 11 aromatic rings. The van der Waals surface area contributed by atoms with Crippen LogP contribution in [0.5, 0.6) is 23.0 Å². The Kier molecular flexibility index (Phi) is 13.8. The van der Waals surface area contributed by atoms with E-state index in [0.717, 1.165) is 44.5 Å². The number of nitrogens with one attached hydrogen (secondary N) is 2. The minimum Gasteiger partial charge on any atom is -0.508 e. The molecule has 84 heavy (non-hydrogen) atoms. The van der Waals surface area contributed by atoms with Gasteiger partial charge in [-0.2, -0.15) is 20.5 Å². The Hall–Kier alpha value is -12.0. The number of azo groups is 4. The summed E-state index contributed by atoms with van der Waals surface area (Å²) >= 11 is 0. The zero-order valence-electron chi connectivity index (χ0n) is 44.4. The summed E-state index contributed by atoms with van der Waals surface area (Å²) in [5, 5.41) is 77.9. The molecule has 0 spiro atoms. The van der Waals surface area contributed by atoms with Crippen molar-refractivity contribution in [2.45, 2.75) is 0 Å². The molecule has 13 rings (SSSR count). The Morgan fingerprint density at radius 3 is 0.679 bits per heavy atom. The predicted octanol–water partition coefficient (Wildman–Crippen LogP) is 19.8. The third-order valence-corrected chi connectivity index (χ3v) is 13.9. The van der Waals surface area contributed by atoms with Crippen LogP contribution in [-0.2, 0) is 0 Å². The van der Waals surface area contributed by atoms with Gasteiger partial charge >= 0.3 is 0 Å². The topological polar surface area (TPSA) is 237 Å². The monoisotopic (exact) mass is 1090 g/mol. The largest absolute Gasteiger partial charge is 0.508 e. The molecule has 0 saturated carbocycles. The van der Waals surface area contributed by atoms with Crippen LogP contribution in [0.4, 0.5) is 45.5 Å². The van der Waals surface area contributed by atoms with Gasteiger partial charge in [0.1, 0.15) is 23.0 Å². The molecule has 2 aliphatic heterocycles. The first kappa shape index (κ1) is 51.4. The SMILES string of the molecule is Oc1ccc(N=Nc2ccccc2-c2c3nc(c(-c4ccccc4N=Nc4ccc(O)cc4)c4ccc([nH]4)c(-c4ccccc4N=Nc4ccc(O)cc4)c4nc(c(-c5ccccc5N=Nc5ccc(O)cc5)c5ccc2[nH]5)C=C4)C=C3)cc1. The summed E-state index contributed by atoms with van der Waals surface area (Å²) < 4.78 is 0. The third-order valence-electron chi connectivity index (χ3n) is 13.9. The van der Waals surface area contributed by atoms with E-state index in [1.807, 2.05) is 146 Å². The number of aromatic amines is 2. The maximum atomic E-state index is 10.1. The summed E-state index contributed by atoms with van der Waals surface area (Å²) in [6, 6.07) is 65.1. The number of nitrogens with zero attached hydrogens (tertiary/aromatic N) is 10. The van der Waals surface area contributed by atoms with Gasteiger partial charge in [0.2, 0.25) is 0 Å². The summed E-state index contributed by atoms with van der Waals surface area (Å²) in [5.41, 5.74) is 15.5. The second-order valence-corrected chi connectivity index (χ2v) is 19.4. The molecule has 16 nitrogen and oxygen atoms in total. The van der Waals surface area contributed by atoms with Crippen molar-refractivity contribution in [1.29, 1.82) is 0 Å². The lowest BCUT2D eigenvalue weighted by atomic mass is 10.0. The van der Waals surface area contributed by atoms with E-state index in [1.165, 1.54) is 0 Å². The average Bonchev–Trinajstić information content (AvgIpc) is 3.31. The summed E-state index contributed by atoms with van der Waals surface area (Å²) in [6.45, 7) is 0. The molecule has 0 radical (unpaired) electrons. The molecule has 5 heterocycles. The molecule has 402 valence electrons. The molecule has 2 aliphatic rings. The molecular weight excluding hydrogens is 1050 g/mol. The maximum absolute atomic E-state index is 10.1. The van der Waals surface area contributed by atoms with Crippen molar-refractivity contribution in [3.63, 3.8) is 0 Å². The summed E-state index contributed by atoms with van der Waals surface area (Å²) in [4.78, 5) is 18.7. The fourth-order valence-corrected chi connectivity index (χ4v) is 9.95. The highest BCUT2D eigenvalue weighted by Gasteiger charge is 2.23. The van der Waals surface area contributed by atoms with Crippen molar-refractivity contribution >= 4 is 91.9 Å². The highest BCUT2D eigenvalue weighted by Crippen LogP contribution is 2.45. The first-order valence-electron chi connectivity index (χ1n) is 26.6. The highest BCUT2D eigenvalue weighted by atomic mass is 16.3. The summed E-state index contributed by atoms with van der Waals surface area (Å²) in [5.74, 6) is 0.474. The van der Waals surface area contributed by atoms with Gasteiger partial charge in [0.15, 0.2) is 0 Å². The zero-order valence-corrected chi connectivity index (χ0v) is 44.4. The van der Waals surface area contributed by atoms with E-state index in [-0.39, 0.29) is 23.0 Å². The number of H-pyrrole nitrogens is 2. The van der Waals surface area contributed by atoms with Crippen LogP contribution in [0, 0.1) is 0 Å². The Balaban J connectivity index is 1.13. The smallest absolute Gasteiger partial charge is 0.115 e. The first-order valence-corrected chi connectivity index (χ1v) is 26.6. The minimum absolute atomic E-state index is 0.119. The van der Waals surface area contributed by atoms with Crippen LogP contribution in [-0.4, -0.2) is 40.4 Å². The number of benzene rings is 8. The van der Waals surface area contributed by atoms with Gasteiger partial charge in [-0.3, -0.25) is 0 Å². The first-order chi connectivity index (χ1) is 41.2. The van der Waals surface area contributed by atoms with E-state index in [1.54, 1.807) is 97.1 Å². The van der Waals surface area contributed by atoms with Crippen molar-refractivity contribution in [3.05, 3.63) is 241 Å². The van der Waals surface area contributed by atoms with Crippen molar-refractivity contribution in [2.24, 2.45) is 40.9 Å². The molecule has 6 N–H and O–H groups in total. The van der Waals surface area contributed by atoms with Gasteiger partial charge in [0.25, 0.3) is 0 Å². The number of rotatable bonds is 12. The molecule has 0 fully saturated rings. The summed E-state index contributed by atoms with van der Waals surface area (Å²) in [6.07, 6.45) is 7.96. The van der Waals surface area contributed by atoms with E-state index in [9.17, 15) is 20.4 Å². The standard InChI is InChI=1S/C68H46N12O4/c81-45-25-17-41(18-26-45)73-77-53-13-5-1-9-49(53)65-57-33-35-59(69-57)66(50-10-2-6-14-54(50)78-74-42-19-27-46(82)28-20-42)61-37-39-63(71-61)68(52-12-4-8-16-56(52)80-76-44-23-31-48(84)32-24-44)64-40-38-62(72-64)67(60-36-34-58(65)70-60)51-11-3-7-15-55(51)79-75-43-21-29-47(83)30-22-43/h1-40,69,72,81-84H. The average molecular weight is 1100 g/mol. The zero-order chi connectivity index (χ0) is 56.9. The van der Waals surface area contributed by atoms with Gasteiger partial charge in [-0.1, -0.05) is 72.8 Å². The number of fused-ring (bicyclic) bond motifs is 8. The second kappa shape index (κ2) is 22.6. The van der Waals surface area contributed by atoms with Gasteiger partial charge in [-0.25, -0.2) is 9.97 Å². The number of aromatic hydroxyl groups is 4. The van der Waals surface area contributed by atoms with Crippen LogP contribution in [0.25, 0.3) is 90.9 Å². The van der Waals surface area contributed by atoms with E-state index in [0.29, 0.717) is 90.3 Å². The van der Waals surface area contributed by atoms with Crippen molar-refractivity contribution in [2.75, 3.05) is 0 Å². The van der Waals surface area contributed by atoms with Crippen molar-refractivity contribution in [3.8, 4) is 67.5 Å². The van der Waals surface area contributed by atoms with Crippen molar-refractivity contribution < 1.29 is 20.4 Å². The lowest BCUT2D eigenvalue weighted by Crippen LogP contribution is -1.90. The number of phenols is 4. The van der Waals surface area contributed by atoms with Crippen LogP contribution >= 0.6 is 0 Å². The Bertz CT molecular complexity index is 4110. The molecule has 8 aromatic carbocycles. The van der Waals surface area contributed by atoms with Gasteiger partial charge in [0, 0.05) is 66.6 Å². The van der Waals surface area contributed by atoms with Gasteiger partial charge in [-0.15, -0.1) is 20.5 Å². The molecule has 0 unspecified atom stereocenters. The molecule has 0 amide bonds. The molecule has 0 saturated heterocycles. The van der Waals surface area contributed by atoms with E-state index >= 15 is 0 Å². The molecule has 16 heteroatoms. The number of hydrogen-bond donors (Lipinski definition) is 6. The molecule has 0 aliphatic carbocycles. The van der Waals surface area contributed by atoms with Crippen LogP contribution < -0.4 is 0 Å². The van der Waals surface area contributed by atoms with Crippen LogP contribution in [0.1, 0.15) is 22.8 Å². The molecule has 0 atom stereocenters. The minimum atomic E-state index is 0.119. The van der Waals surface area contributed by atoms with Gasteiger partial charge < -0.3 is 30.4 Å². The normalized spacial score (nSPS) is 12.2. The van der Waals surface area contributed by atoms with Gasteiger partial charge in [0.05, 0.1) is 68.3 Å². The Labute approximate surface area is 479 Å². The van der Waals surface area contributed by atoms with E-state index in [2.05, 4.69) is 30.4 Å². The quantitative estimate of drug-likeness (QED) is 0.0650. The van der Waals surface area contributed by atoms with Crippen molar-refractivity contribution in [1.82, 2.24) is 19.9 Å². The van der Waals surface area contributed by atoms with E-state index < -0.39 is 0 Å². The summed E-state index contributed by atoms with van der Waals surface area (Å²) in [7, 11) is 0. The lowest BCUT2D eigenvalue weighted by molar-refractivity contribution is 0.475. The maximum Gasteiger partial charge on any atom is 0.115 e. The van der Waals surface area contributed by atoms with Crippen LogP contribution in [0.3, 0.4) is 0 Å². The van der Waals surface area contributed by atoms with Crippen LogP contribution in [0.2, 0.25) is 0 Å². The Morgan fingerprint density at radius 1 is 0.238 bits per heavy atom. The predicted molar refractivity (Wildman–Crippen MR) is 330 cm³/mol. The molecular formula is C68H46N12O4. The number of aromatic nitrogens is 4. The molecule has 8 bridgehead atoms. The Morgan fingerprint density at radius 2 is 0.452 bits per heavy atom. The third kappa shape index (κ3) is 10.7. The lowest BCUT2D eigenvalue weighted by Gasteiger charge is -2.10. The number of phenolic OH excluding ortho intramolecular Hbond substituents is 4. The fourth-order valence-electron chi connectivity index (χ4n) is 9.95.